The lowest BCUT2D eigenvalue weighted by molar-refractivity contribution is -0.208. The van der Waals surface area contributed by atoms with E-state index in [0.29, 0.717) is 0 Å². The van der Waals surface area contributed by atoms with Gasteiger partial charge in [-0.25, -0.2) is 0 Å². The van der Waals surface area contributed by atoms with Crippen LogP contribution in [-0.4, -0.2) is 52.4 Å². The van der Waals surface area contributed by atoms with E-state index in [2.05, 4.69) is 0 Å². The van der Waals surface area contributed by atoms with Crippen molar-refractivity contribution in [1.29, 1.82) is 0 Å². The standard InChI is InChI=1S/C8H16N2O5/c9-5(12)1-3-6(13)7(14)4(2-11)15-8(3)10/h3-4,6-8,11,13-14H,1-2,10H2,(H2,9,12)/t3-,4+,6+,7+,8+/m0/s1. The molecule has 0 unspecified atom stereocenters. The molecule has 7 heteroatoms. The Kier molecular flexibility index (Phi) is 4.00. The first-order chi connectivity index (χ1) is 6.97. The van der Waals surface area contributed by atoms with Crippen LogP contribution in [0.2, 0.25) is 0 Å². The second-order valence-electron chi connectivity index (χ2n) is 3.64. The van der Waals surface area contributed by atoms with Gasteiger partial charge in [0.1, 0.15) is 18.4 Å². The molecule has 1 amide bonds. The maximum absolute atomic E-state index is 10.7. The summed E-state index contributed by atoms with van der Waals surface area (Å²) in [5.41, 5.74) is 10.5. The van der Waals surface area contributed by atoms with Crippen LogP contribution < -0.4 is 11.5 Å². The van der Waals surface area contributed by atoms with Gasteiger partial charge >= 0.3 is 0 Å². The molecule has 0 saturated carbocycles. The van der Waals surface area contributed by atoms with Gasteiger partial charge in [0, 0.05) is 12.3 Å². The van der Waals surface area contributed by atoms with Crippen LogP contribution in [-0.2, 0) is 9.53 Å². The number of primary amides is 1. The fraction of sp³-hybridized carbons (Fsp3) is 0.875. The quantitative estimate of drug-likeness (QED) is 0.341. The first kappa shape index (κ1) is 12.3. The normalized spacial score (nSPS) is 41.5. The van der Waals surface area contributed by atoms with Crippen LogP contribution in [0.3, 0.4) is 0 Å². The third kappa shape index (κ3) is 2.64. The molecule has 0 radical (unpaired) electrons. The van der Waals surface area contributed by atoms with Crippen molar-refractivity contribution in [1.82, 2.24) is 0 Å². The van der Waals surface area contributed by atoms with Gasteiger partial charge in [0.15, 0.2) is 0 Å². The van der Waals surface area contributed by atoms with Crippen LogP contribution in [0, 0.1) is 5.92 Å². The molecule has 1 saturated heterocycles. The molecule has 0 aromatic heterocycles. The molecule has 7 nitrogen and oxygen atoms in total. The largest absolute Gasteiger partial charge is 0.394 e. The third-order valence-corrected chi connectivity index (χ3v) is 2.54. The molecule has 0 aliphatic carbocycles. The first-order valence-corrected chi connectivity index (χ1v) is 4.63. The fourth-order valence-corrected chi connectivity index (χ4v) is 1.67. The highest BCUT2D eigenvalue weighted by Gasteiger charge is 2.43. The maximum atomic E-state index is 10.7. The van der Waals surface area contributed by atoms with E-state index in [9.17, 15) is 15.0 Å². The fourth-order valence-electron chi connectivity index (χ4n) is 1.67. The molecule has 1 aliphatic rings. The lowest BCUT2D eigenvalue weighted by atomic mass is 9.87. The van der Waals surface area contributed by atoms with Crippen LogP contribution >= 0.6 is 0 Å². The summed E-state index contributed by atoms with van der Waals surface area (Å²) in [5.74, 6) is -1.38. The highest BCUT2D eigenvalue weighted by Crippen LogP contribution is 2.25. The van der Waals surface area contributed by atoms with E-state index in [1.165, 1.54) is 0 Å². The van der Waals surface area contributed by atoms with Crippen molar-refractivity contribution in [3.63, 3.8) is 0 Å². The van der Waals surface area contributed by atoms with Crippen molar-refractivity contribution >= 4 is 5.91 Å². The summed E-state index contributed by atoms with van der Waals surface area (Å²) in [5, 5.41) is 27.9. The van der Waals surface area contributed by atoms with Gasteiger partial charge in [-0.05, 0) is 0 Å². The molecule has 88 valence electrons. The van der Waals surface area contributed by atoms with Gasteiger partial charge in [-0.3, -0.25) is 4.79 Å². The van der Waals surface area contributed by atoms with Crippen molar-refractivity contribution in [2.24, 2.45) is 17.4 Å². The van der Waals surface area contributed by atoms with Gasteiger partial charge in [-0.1, -0.05) is 0 Å². The smallest absolute Gasteiger partial charge is 0.217 e. The summed E-state index contributed by atoms with van der Waals surface area (Å²) in [6.45, 7) is -0.449. The molecule has 7 N–H and O–H groups in total. The summed E-state index contributed by atoms with van der Waals surface area (Å²) in [6.07, 6.45) is -4.51. The summed E-state index contributed by atoms with van der Waals surface area (Å²) in [6, 6.07) is 0. The second-order valence-corrected chi connectivity index (χ2v) is 3.64. The Hall–Kier alpha value is -0.730. The van der Waals surface area contributed by atoms with Gasteiger partial charge in [0.2, 0.25) is 5.91 Å². The topological polar surface area (TPSA) is 139 Å². The lowest BCUT2D eigenvalue weighted by Gasteiger charge is -2.40. The highest BCUT2D eigenvalue weighted by atomic mass is 16.5. The number of hydrogen-bond acceptors (Lipinski definition) is 6. The minimum Gasteiger partial charge on any atom is -0.394 e. The van der Waals surface area contributed by atoms with Crippen LogP contribution in [0.25, 0.3) is 0 Å². The Bertz CT molecular complexity index is 237. The zero-order chi connectivity index (χ0) is 11.6. The second kappa shape index (κ2) is 4.86. The summed E-state index contributed by atoms with van der Waals surface area (Å²) < 4.78 is 5.04. The molecular formula is C8H16N2O5. The molecular weight excluding hydrogens is 204 g/mol. The highest BCUT2D eigenvalue weighted by molar-refractivity contribution is 5.74. The average molecular weight is 220 g/mol. The molecule has 1 heterocycles. The van der Waals surface area contributed by atoms with Gasteiger partial charge in [-0.2, -0.15) is 0 Å². The Morgan fingerprint density at radius 3 is 2.40 bits per heavy atom. The Balaban J connectivity index is 2.70. The first-order valence-electron chi connectivity index (χ1n) is 4.63. The number of aliphatic hydroxyl groups is 3. The third-order valence-electron chi connectivity index (χ3n) is 2.54. The Labute approximate surface area is 86.6 Å². The van der Waals surface area contributed by atoms with Gasteiger partial charge in [-0.15, -0.1) is 0 Å². The van der Waals surface area contributed by atoms with E-state index in [4.69, 9.17) is 21.3 Å². The predicted octanol–water partition coefficient (Wildman–Crippen LogP) is -3.12. The Morgan fingerprint density at radius 1 is 1.33 bits per heavy atom. The van der Waals surface area contributed by atoms with Crippen LogP contribution in [0.5, 0.6) is 0 Å². The Morgan fingerprint density at radius 2 is 1.93 bits per heavy atom. The molecule has 5 atom stereocenters. The summed E-state index contributed by atoms with van der Waals surface area (Å²) in [4.78, 5) is 10.7. The molecule has 0 aromatic carbocycles. The van der Waals surface area contributed by atoms with Crippen LogP contribution in [0.15, 0.2) is 0 Å². The van der Waals surface area contributed by atoms with E-state index >= 15 is 0 Å². The molecule has 15 heavy (non-hydrogen) atoms. The van der Waals surface area contributed by atoms with E-state index in [1.54, 1.807) is 0 Å². The summed E-state index contributed by atoms with van der Waals surface area (Å²) >= 11 is 0. The van der Waals surface area contributed by atoms with E-state index in [0.717, 1.165) is 0 Å². The average Bonchev–Trinajstić information content (AvgIpc) is 2.18. The number of amides is 1. The molecule has 1 rings (SSSR count). The van der Waals surface area contributed by atoms with E-state index < -0.39 is 43.0 Å². The van der Waals surface area contributed by atoms with E-state index in [-0.39, 0.29) is 6.42 Å². The van der Waals surface area contributed by atoms with Crippen molar-refractivity contribution < 1.29 is 24.9 Å². The monoisotopic (exact) mass is 220 g/mol. The van der Waals surface area contributed by atoms with E-state index in [1.807, 2.05) is 0 Å². The minimum absolute atomic E-state index is 0.169. The number of rotatable bonds is 3. The van der Waals surface area contributed by atoms with Crippen LogP contribution in [0.4, 0.5) is 0 Å². The SMILES string of the molecule is NC(=O)C[C@H]1[C@@H](O)[C@H](O)[C@@H](CO)O[C@H]1N. The maximum Gasteiger partial charge on any atom is 0.217 e. The van der Waals surface area contributed by atoms with Gasteiger partial charge in [0.05, 0.1) is 12.7 Å². The lowest BCUT2D eigenvalue weighted by Crippen LogP contribution is -2.58. The number of carbonyl (C=O) groups excluding carboxylic acids is 1. The van der Waals surface area contributed by atoms with Crippen molar-refractivity contribution in [2.45, 2.75) is 31.0 Å². The van der Waals surface area contributed by atoms with Crippen molar-refractivity contribution in [3.8, 4) is 0 Å². The van der Waals surface area contributed by atoms with Gasteiger partial charge in [0.25, 0.3) is 0 Å². The predicted molar refractivity (Wildman–Crippen MR) is 49.2 cm³/mol. The molecule has 0 spiro atoms. The number of ether oxygens (including phenoxy) is 1. The summed E-state index contributed by atoms with van der Waals surface area (Å²) in [7, 11) is 0. The van der Waals surface area contributed by atoms with Gasteiger partial charge < -0.3 is 31.5 Å². The molecule has 0 aromatic rings. The van der Waals surface area contributed by atoms with Crippen molar-refractivity contribution in [3.05, 3.63) is 0 Å². The zero-order valence-electron chi connectivity index (χ0n) is 8.11. The minimum atomic E-state index is -1.26. The number of nitrogens with two attached hydrogens (primary N) is 2. The number of hydrogen-bond donors (Lipinski definition) is 5. The number of carbonyl (C=O) groups is 1. The molecule has 0 bridgehead atoms. The molecule has 1 aliphatic heterocycles. The zero-order valence-corrected chi connectivity index (χ0v) is 8.11. The molecule has 1 fully saturated rings. The van der Waals surface area contributed by atoms with Crippen molar-refractivity contribution in [2.75, 3.05) is 6.61 Å². The number of aliphatic hydroxyl groups excluding tert-OH is 3. The van der Waals surface area contributed by atoms with Crippen LogP contribution in [0.1, 0.15) is 6.42 Å².